The van der Waals surface area contributed by atoms with Crippen LogP contribution in [0.5, 0.6) is 5.75 Å². The molecule has 0 aliphatic heterocycles. The molecule has 0 radical (unpaired) electrons. The quantitative estimate of drug-likeness (QED) is 0.668. The first-order valence-electron chi connectivity index (χ1n) is 7.07. The molecular formula is C15H25BrN2O. The molecule has 108 valence electrons. The van der Waals surface area contributed by atoms with Crippen LogP contribution in [0.25, 0.3) is 0 Å². The van der Waals surface area contributed by atoms with E-state index < -0.39 is 0 Å². The molecule has 1 rings (SSSR count). The first kappa shape index (κ1) is 16.5. The Kier molecular flexibility index (Phi) is 8.88. The molecule has 0 aliphatic rings. The van der Waals surface area contributed by atoms with E-state index in [0.717, 1.165) is 36.4 Å². The van der Waals surface area contributed by atoms with Gasteiger partial charge in [0.25, 0.3) is 0 Å². The first-order chi connectivity index (χ1) is 9.26. The maximum atomic E-state index is 5.66. The van der Waals surface area contributed by atoms with E-state index in [-0.39, 0.29) is 0 Å². The van der Waals surface area contributed by atoms with Crippen LogP contribution in [0.3, 0.4) is 0 Å². The van der Waals surface area contributed by atoms with Crippen LogP contribution in [0.1, 0.15) is 20.3 Å². The minimum absolute atomic E-state index is 0.705. The largest absolute Gasteiger partial charge is 0.492 e. The van der Waals surface area contributed by atoms with E-state index in [2.05, 4.69) is 40.0 Å². The summed E-state index contributed by atoms with van der Waals surface area (Å²) in [6.45, 7) is 10.5. The van der Waals surface area contributed by atoms with Crippen molar-refractivity contribution >= 4 is 15.9 Å². The Labute approximate surface area is 125 Å². The predicted molar refractivity (Wildman–Crippen MR) is 84.9 cm³/mol. The van der Waals surface area contributed by atoms with Crippen LogP contribution in [0, 0.1) is 0 Å². The van der Waals surface area contributed by atoms with Crippen LogP contribution in [0.2, 0.25) is 0 Å². The van der Waals surface area contributed by atoms with Gasteiger partial charge in [-0.2, -0.15) is 0 Å². The van der Waals surface area contributed by atoms with Crippen molar-refractivity contribution in [3.05, 3.63) is 28.7 Å². The Morgan fingerprint density at radius 1 is 1.21 bits per heavy atom. The lowest BCUT2D eigenvalue weighted by Crippen LogP contribution is -2.34. The van der Waals surface area contributed by atoms with Crippen molar-refractivity contribution in [1.29, 1.82) is 0 Å². The summed E-state index contributed by atoms with van der Waals surface area (Å²) in [5.41, 5.74) is 0. The molecule has 0 fully saturated rings. The van der Waals surface area contributed by atoms with Gasteiger partial charge in [0.2, 0.25) is 0 Å². The highest BCUT2D eigenvalue weighted by Crippen LogP contribution is 2.17. The molecule has 0 saturated heterocycles. The second kappa shape index (κ2) is 10.2. The number of hydrogen-bond donors (Lipinski definition) is 1. The maximum absolute atomic E-state index is 5.66. The van der Waals surface area contributed by atoms with Gasteiger partial charge in [0.05, 0.1) is 0 Å². The lowest BCUT2D eigenvalue weighted by Gasteiger charge is -2.19. The van der Waals surface area contributed by atoms with Crippen molar-refractivity contribution < 1.29 is 4.74 Å². The van der Waals surface area contributed by atoms with E-state index in [1.807, 2.05) is 24.3 Å². The lowest BCUT2D eigenvalue weighted by molar-refractivity contribution is 0.276. The van der Waals surface area contributed by atoms with Crippen LogP contribution in [0.15, 0.2) is 28.7 Å². The van der Waals surface area contributed by atoms with Gasteiger partial charge < -0.3 is 15.0 Å². The average Bonchev–Trinajstić information content (AvgIpc) is 2.41. The molecule has 1 aromatic rings. The minimum atomic E-state index is 0.705. The van der Waals surface area contributed by atoms with Gasteiger partial charge in [-0.3, -0.25) is 0 Å². The summed E-state index contributed by atoms with van der Waals surface area (Å²) in [4.78, 5) is 2.46. The molecule has 0 aliphatic carbocycles. The third-order valence-electron chi connectivity index (χ3n) is 2.94. The summed E-state index contributed by atoms with van der Waals surface area (Å²) in [7, 11) is 0. The third kappa shape index (κ3) is 7.55. The molecule has 0 heterocycles. The number of nitrogens with one attached hydrogen (secondary N) is 1. The Balaban J connectivity index is 2.05. The molecule has 4 heteroatoms. The summed E-state index contributed by atoms with van der Waals surface area (Å²) < 4.78 is 6.71. The van der Waals surface area contributed by atoms with Gasteiger partial charge in [-0.1, -0.05) is 35.8 Å². The zero-order chi connectivity index (χ0) is 13.9. The third-order valence-corrected chi connectivity index (χ3v) is 3.43. The Morgan fingerprint density at radius 2 is 2.05 bits per heavy atom. The lowest BCUT2D eigenvalue weighted by atomic mass is 10.3. The van der Waals surface area contributed by atoms with E-state index in [0.29, 0.717) is 6.61 Å². The Bertz CT molecular complexity index is 347. The molecule has 3 nitrogen and oxygen atoms in total. The number of halogens is 1. The smallest absolute Gasteiger partial charge is 0.120 e. The van der Waals surface area contributed by atoms with Crippen molar-refractivity contribution in [2.75, 3.05) is 39.3 Å². The monoisotopic (exact) mass is 328 g/mol. The number of benzene rings is 1. The van der Waals surface area contributed by atoms with E-state index >= 15 is 0 Å². The summed E-state index contributed by atoms with van der Waals surface area (Å²) in [5, 5.41) is 3.42. The summed E-state index contributed by atoms with van der Waals surface area (Å²) >= 11 is 3.43. The van der Waals surface area contributed by atoms with Gasteiger partial charge >= 0.3 is 0 Å². The molecule has 0 unspecified atom stereocenters. The number of nitrogens with zero attached hydrogens (tertiary/aromatic N) is 1. The zero-order valence-electron chi connectivity index (χ0n) is 12.0. The normalized spacial score (nSPS) is 10.9. The molecule has 0 saturated carbocycles. The molecule has 1 N–H and O–H groups in total. The van der Waals surface area contributed by atoms with Gasteiger partial charge in [0.15, 0.2) is 0 Å². The number of likely N-dealkylation sites (N-methyl/N-ethyl adjacent to an activating group) is 1. The minimum Gasteiger partial charge on any atom is -0.492 e. The number of hydrogen-bond acceptors (Lipinski definition) is 3. The van der Waals surface area contributed by atoms with E-state index in [9.17, 15) is 0 Å². The molecule has 1 aromatic carbocycles. The Hall–Kier alpha value is -0.580. The molecule has 0 bridgehead atoms. The summed E-state index contributed by atoms with van der Waals surface area (Å²) in [6.07, 6.45) is 1.22. The van der Waals surface area contributed by atoms with Gasteiger partial charge in [0.1, 0.15) is 12.4 Å². The van der Waals surface area contributed by atoms with Gasteiger partial charge in [-0.25, -0.2) is 0 Å². The number of ether oxygens (including phenoxy) is 1. The molecule has 0 spiro atoms. The number of rotatable bonds is 10. The highest BCUT2D eigenvalue weighted by Gasteiger charge is 1.99. The maximum Gasteiger partial charge on any atom is 0.120 e. The van der Waals surface area contributed by atoms with Gasteiger partial charge in [-0.15, -0.1) is 0 Å². The van der Waals surface area contributed by atoms with Crippen molar-refractivity contribution in [2.24, 2.45) is 0 Å². The SMILES string of the molecule is CCCN(CC)CCNCCOc1cccc(Br)c1. The summed E-state index contributed by atoms with van der Waals surface area (Å²) in [5.74, 6) is 0.914. The Morgan fingerprint density at radius 3 is 2.74 bits per heavy atom. The van der Waals surface area contributed by atoms with Crippen molar-refractivity contribution in [2.45, 2.75) is 20.3 Å². The second-order valence-electron chi connectivity index (χ2n) is 4.49. The topological polar surface area (TPSA) is 24.5 Å². The highest BCUT2D eigenvalue weighted by atomic mass is 79.9. The van der Waals surface area contributed by atoms with Gasteiger partial charge in [0, 0.05) is 24.1 Å². The highest BCUT2D eigenvalue weighted by molar-refractivity contribution is 9.10. The van der Waals surface area contributed by atoms with Crippen LogP contribution in [-0.4, -0.2) is 44.2 Å². The van der Waals surface area contributed by atoms with Gasteiger partial charge in [-0.05, 0) is 37.7 Å². The molecular weight excluding hydrogens is 304 g/mol. The molecule has 0 atom stereocenters. The van der Waals surface area contributed by atoms with Crippen LogP contribution in [0.4, 0.5) is 0 Å². The van der Waals surface area contributed by atoms with Crippen molar-refractivity contribution in [3.63, 3.8) is 0 Å². The van der Waals surface area contributed by atoms with Crippen LogP contribution in [-0.2, 0) is 0 Å². The molecule has 0 aromatic heterocycles. The fraction of sp³-hybridized carbons (Fsp3) is 0.600. The fourth-order valence-electron chi connectivity index (χ4n) is 1.90. The fourth-order valence-corrected chi connectivity index (χ4v) is 2.28. The van der Waals surface area contributed by atoms with Crippen molar-refractivity contribution in [1.82, 2.24) is 10.2 Å². The molecule has 19 heavy (non-hydrogen) atoms. The first-order valence-corrected chi connectivity index (χ1v) is 7.87. The van der Waals surface area contributed by atoms with E-state index in [1.165, 1.54) is 13.0 Å². The van der Waals surface area contributed by atoms with Crippen LogP contribution < -0.4 is 10.1 Å². The standard InChI is InChI=1S/C15H25BrN2O/c1-3-10-18(4-2)11-8-17-9-12-19-15-7-5-6-14(16)13-15/h5-7,13,17H,3-4,8-12H2,1-2H3. The second-order valence-corrected chi connectivity index (χ2v) is 5.41. The summed E-state index contributed by atoms with van der Waals surface area (Å²) in [6, 6.07) is 7.94. The van der Waals surface area contributed by atoms with E-state index in [4.69, 9.17) is 4.74 Å². The van der Waals surface area contributed by atoms with Crippen molar-refractivity contribution in [3.8, 4) is 5.75 Å². The van der Waals surface area contributed by atoms with E-state index in [1.54, 1.807) is 0 Å². The zero-order valence-corrected chi connectivity index (χ0v) is 13.6. The average molecular weight is 329 g/mol. The predicted octanol–water partition coefficient (Wildman–Crippen LogP) is 3.15. The van der Waals surface area contributed by atoms with Crippen LogP contribution >= 0.6 is 15.9 Å². The molecule has 0 amide bonds.